The van der Waals surface area contributed by atoms with Crippen LogP contribution in [0.5, 0.6) is 0 Å². The summed E-state index contributed by atoms with van der Waals surface area (Å²) in [5.74, 6) is -0.902. The van der Waals surface area contributed by atoms with E-state index in [1.165, 1.54) is 0 Å². The third-order valence-electron chi connectivity index (χ3n) is 3.14. The normalized spacial score (nSPS) is 11.3. The Morgan fingerprint density at radius 2 is 1.78 bits per heavy atom. The van der Waals surface area contributed by atoms with E-state index in [-0.39, 0.29) is 5.82 Å². The first-order valence-electron chi connectivity index (χ1n) is 6.79. The number of imidazole rings is 1. The van der Waals surface area contributed by atoms with Gasteiger partial charge in [0.2, 0.25) is 0 Å². The van der Waals surface area contributed by atoms with Crippen LogP contribution in [0, 0.1) is 6.92 Å². The van der Waals surface area contributed by atoms with E-state index in [0.29, 0.717) is 16.7 Å². The second kappa shape index (κ2) is 5.73. The fourth-order valence-corrected chi connectivity index (χ4v) is 2.87. The van der Waals surface area contributed by atoms with Crippen LogP contribution in [0.3, 0.4) is 0 Å². The Balaban J connectivity index is 1.76. The minimum Gasteiger partial charge on any atom is -0.334 e. The molecule has 2 aromatic carbocycles. The van der Waals surface area contributed by atoms with Crippen molar-refractivity contribution in [1.29, 1.82) is 0 Å². The van der Waals surface area contributed by atoms with Gasteiger partial charge in [-0.15, -0.1) is 0 Å². The highest BCUT2D eigenvalue weighted by molar-refractivity contribution is 7.91. The molecule has 1 aromatic heterocycles. The van der Waals surface area contributed by atoms with Gasteiger partial charge in [-0.2, -0.15) is 8.42 Å². The van der Waals surface area contributed by atoms with Crippen molar-refractivity contribution in [2.45, 2.75) is 6.92 Å². The van der Waals surface area contributed by atoms with Crippen molar-refractivity contribution < 1.29 is 13.2 Å². The predicted octanol–water partition coefficient (Wildman–Crippen LogP) is 1.96. The van der Waals surface area contributed by atoms with E-state index in [1.807, 2.05) is 11.6 Å². The lowest BCUT2D eigenvalue weighted by Crippen LogP contribution is -2.35. The number of para-hydroxylation sites is 2. The second-order valence-electron chi connectivity index (χ2n) is 5.01. The van der Waals surface area contributed by atoms with E-state index in [4.69, 9.17) is 0 Å². The highest BCUT2D eigenvalue weighted by atomic mass is 32.2. The van der Waals surface area contributed by atoms with Crippen LogP contribution in [0.15, 0.2) is 48.5 Å². The van der Waals surface area contributed by atoms with Gasteiger partial charge in [-0.05, 0) is 31.2 Å². The fraction of sp³-hybridized carbons (Fsp3) is 0.0667. The number of anilines is 1. The lowest BCUT2D eigenvalue weighted by Gasteiger charge is -2.08. The number of H-pyrrole nitrogens is 1. The first-order chi connectivity index (χ1) is 10.9. The number of nitrogens with one attached hydrogen (secondary N) is 3. The molecule has 3 aromatic rings. The molecule has 3 rings (SSSR count). The molecule has 0 saturated carbocycles. The maximum atomic E-state index is 12.1. The van der Waals surface area contributed by atoms with Gasteiger partial charge in [0.25, 0.3) is 0 Å². The van der Waals surface area contributed by atoms with Gasteiger partial charge < -0.3 is 4.98 Å². The molecule has 0 spiro atoms. The monoisotopic (exact) mass is 330 g/mol. The molecule has 8 heteroatoms. The summed E-state index contributed by atoms with van der Waals surface area (Å²) in [6.07, 6.45) is 0. The van der Waals surface area contributed by atoms with Gasteiger partial charge in [0.15, 0.2) is 5.82 Å². The van der Waals surface area contributed by atoms with Crippen LogP contribution in [-0.4, -0.2) is 24.3 Å². The number of aromatic nitrogens is 2. The molecule has 0 fully saturated rings. The molecule has 0 unspecified atom stereocenters. The summed E-state index contributed by atoms with van der Waals surface area (Å²) >= 11 is 0. The zero-order valence-electron chi connectivity index (χ0n) is 12.2. The largest absolute Gasteiger partial charge is 0.334 e. The van der Waals surface area contributed by atoms with Crippen molar-refractivity contribution in [3.63, 3.8) is 0 Å². The average molecular weight is 330 g/mol. The quantitative estimate of drug-likeness (QED) is 0.680. The maximum Gasteiger partial charge on any atom is 0.324 e. The van der Waals surface area contributed by atoms with Crippen molar-refractivity contribution in [3.8, 4) is 0 Å². The minimum absolute atomic E-state index is 0.0690. The molecule has 1 amide bonds. The lowest BCUT2D eigenvalue weighted by molar-refractivity contribution is 0.0973. The van der Waals surface area contributed by atoms with Crippen molar-refractivity contribution in [2.24, 2.45) is 0 Å². The van der Waals surface area contributed by atoms with Gasteiger partial charge >= 0.3 is 16.1 Å². The standard InChI is InChI=1S/C15H14N4O3S/c1-10-6-8-11(9-7-10)18-23(21,22)19-15(20)14-16-12-4-2-3-5-13(12)17-14/h2-9,18H,1H3,(H,16,17)(H,19,20). The number of carbonyl (C=O) groups excluding carboxylic acids is 1. The van der Waals surface area contributed by atoms with E-state index < -0.39 is 16.1 Å². The number of nitrogens with zero attached hydrogens (tertiary/aromatic N) is 1. The summed E-state index contributed by atoms with van der Waals surface area (Å²) < 4.78 is 28.2. The van der Waals surface area contributed by atoms with E-state index in [1.54, 1.807) is 48.5 Å². The zero-order chi connectivity index (χ0) is 16.4. The van der Waals surface area contributed by atoms with E-state index in [2.05, 4.69) is 14.7 Å². The molecular formula is C15H14N4O3S. The number of fused-ring (bicyclic) bond motifs is 1. The molecule has 0 aliphatic carbocycles. The second-order valence-corrected chi connectivity index (χ2v) is 6.42. The number of carbonyl (C=O) groups is 1. The topological polar surface area (TPSA) is 104 Å². The van der Waals surface area contributed by atoms with Crippen molar-refractivity contribution in [2.75, 3.05) is 4.72 Å². The molecule has 3 N–H and O–H groups in total. The molecule has 0 saturated heterocycles. The summed E-state index contributed by atoms with van der Waals surface area (Å²) in [7, 11) is -4.04. The van der Waals surface area contributed by atoms with Crippen molar-refractivity contribution >= 4 is 32.8 Å². The predicted molar refractivity (Wildman–Crippen MR) is 87.3 cm³/mol. The molecule has 0 aliphatic heterocycles. The van der Waals surface area contributed by atoms with Gasteiger partial charge in [0, 0.05) is 0 Å². The molecule has 0 aliphatic rings. The summed E-state index contributed by atoms with van der Waals surface area (Å²) in [5, 5.41) is 0. The number of amides is 1. The SMILES string of the molecule is Cc1ccc(NS(=O)(=O)NC(=O)c2nc3ccccc3[nH]2)cc1. The Kier molecular flexibility index (Phi) is 3.75. The highest BCUT2D eigenvalue weighted by Crippen LogP contribution is 2.12. The Morgan fingerprint density at radius 3 is 2.48 bits per heavy atom. The van der Waals surface area contributed by atoms with Gasteiger partial charge in [0.05, 0.1) is 16.7 Å². The lowest BCUT2D eigenvalue weighted by atomic mass is 10.2. The molecule has 23 heavy (non-hydrogen) atoms. The van der Waals surface area contributed by atoms with Gasteiger partial charge in [-0.1, -0.05) is 29.8 Å². The van der Waals surface area contributed by atoms with Crippen LogP contribution >= 0.6 is 0 Å². The van der Waals surface area contributed by atoms with Crippen LogP contribution in [0.25, 0.3) is 11.0 Å². The average Bonchev–Trinajstić information content (AvgIpc) is 2.93. The third kappa shape index (κ3) is 3.49. The third-order valence-corrected chi connectivity index (χ3v) is 4.09. The van der Waals surface area contributed by atoms with Crippen LogP contribution in [0.4, 0.5) is 5.69 Å². The smallest absolute Gasteiger partial charge is 0.324 e. The van der Waals surface area contributed by atoms with E-state index in [9.17, 15) is 13.2 Å². The van der Waals surface area contributed by atoms with Crippen molar-refractivity contribution in [1.82, 2.24) is 14.7 Å². The Morgan fingerprint density at radius 1 is 1.09 bits per heavy atom. The van der Waals surface area contributed by atoms with E-state index >= 15 is 0 Å². The molecule has 118 valence electrons. The maximum absolute atomic E-state index is 12.1. The van der Waals surface area contributed by atoms with Gasteiger partial charge in [-0.3, -0.25) is 9.52 Å². The summed E-state index contributed by atoms with van der Waals surface area (Å²) in [6.45, 7) is 1.89. The summed E-state index contributed by atoms with van der Waals surface area (Å²) in [4.78, 5) is 18.9. The number of benzene rings is 2. The van der Waals surface area contributed by atoms with Crippen LogP contribution in [0.1, 0.15) is 16.2 Å². The molecule has 7 nitrogen and oxygen atoms in total. The molecule has 0 atom stereocenters. The Hall–Kier alpha value is -2.87. The first kappa shape index (κ1) is 15.0. The molecular weight excluding hydrogens is 316 g/mol. The van der Waals surface area contributed by atoms with Crippen LogP contribution in [-0.2, 0) is 10.2 Å². The minimum atomic E-state index is -4.04. The summed E-state index contributed by atoms with van der Waals surface area (Å²) in [5.41, 5.74) is 2.60. The summed E-state index contributed by atoms with van der Waals surface area (Å²) in [6, 6.07) is 13.8. The van der Waals surface area contributed by atoms with Gasteiger partial charge in [0.1, 0.15) is 0 Å². The Bertz CT molecular complexity index is 929. The molecule has 0 radical (unpaired) electrons. The van der Waals surface area contributed by atoms with Crippen molar-refractivity contribution in [3.05, 3.63) is 59.9 Å². The van der Waals surface area contributed by atoms with Crippen LogP contribution < -0.4 is 9.44 Å². The first-order valence-corrected chi connectivity index (χ1v) is 8.27. The molecule has 0 bridgehead atoms. The number of rotatable bonds is 4. The molecule has 1 heterocycles. The number of aromatic amines is 1. The number of hydrogen-bond donors (Lipinski definition) is 3. The van der Waals surface area contributed by atoms with E-state index in [0.717, 1.165) is 5.56 Å². The zero-order valence-corrected chi connectivity index (χ0v) is 13.0. The van der Waals surface area contributed by atoms with Gasteiger partial charge in [-0.25, -0.2) is 9.71 Å². The Labute approximate surface area is 132 Å². The fourth-order valence-electron chi connectivity index (χ4n) is 2.03. The number of hydrogen-bond acceptors (Lipinski definition) is 4. The highest BCUT2D eigenvalue weighted by Gasteiger charge is 2.18. The van der Waals surface area contributed by atoms with Crippen LogP contribution in [0.2, 0.25) is 0 Å². The number of aryl methyl sites for hydroxylation is 1.